The first-order valence-corrected chi connectivity index (χ1v) is 4.51. The Balaban J connectivity index is 2.51. The van der Waals surface area contributed by atoms with E-state index in [0.717, 1.165) is 0 Å². The molecule has 2 N–H and O–H groups in total. The van der Waals surface area contributed by atoms with E-state index in [1.807, 2.05) is 0 Å². The molecular formula is C9H9ClF3NO. The van der Waals surface area contributed by atoms with Crippen molar-refractivity contribution in [3.05, 3.63) is 23.2 Å². The molecule has 0 aliphatic rings. The van der Waals surface area contributed by atoms with Gasteiger partial charge in [-0.15, -0.1) is 0 Å². The molecule has 0 spiro atoms. The number of nitrogen functional groups attached to an aromatic ring is 1. The summed E-state index contributed by atoms with van der Waals surface area (Å²) in [6.07, 6.45) is -5.23. The van der Waals surface area contributed by atoms with Gasteiger partial charge in [-0.05, 0) is 18.2 Å². The Bertz CT molecular complexity index is 341. The van der Waals surface area contributed by atoms with Crippen molar-refractivity contribution >= 4 is 17.3 Å². The van der Waals surface area contributed by atoms with Gasteiger partial charge in [0.2, 0.25) is 0 Å². The van der Waals surface area contributed by atoms with E-state index in [2.05, 4.69) is 0 Å². The first-order chi connectivity index (χ1) is 6.88. The molecule has 0 saturated carbocycles. The van der Waals surface area contributed by atoms with Gasteiger partial charge in [-0.3, -0.25) is 0 Å². The average Bonchev–Trinajstić information content (AvgIpc) is 2.07. The van der Waals surface area contributed by atoms with Crippen molar-refractivity contribution in [1.82, 2.24) is 0 Å². The fourth-order valence-electron chi connectivity index (χ4n) is 0.927. The molecule has 0 amide bonds. The molecule has 0 saturated heterocycles. The SMILES string of the molecule is Nc1cc(Cl)ccc1OCCC(F)(F)F. The maximum atomic E-state index is 11.8. The van der Waals surface area contributed by atoms with Gasteiger partial charge in [0.25, 0.3) is 0 Å². The molecule has 0 unspecified atom stereocenters. The summed E-state index contributed by atoms with van der Waals surface area (Å²) >= 11 is 5.61. The number of hydrogen-bond acceptors (Lipinski definition) is 2. The van der Waals surface area contributed by atoms with Crippen LogP contribution in [0.5, 0.6) is 5.75 Å². The van der Waals surface area contributed by atoms with E-state index in [9.17, 15) is 13.2 Å². The molecule has 0 fully saturated rings. The Morgan fingerprint density at radius 2 is 2.00 bits per heavy atom. The van der Waals surface area contributed by atoms with Crippen molar-refractivity contribution < 1.29 is 17.9 Å². The van der Waals surface area contributed by atoms with E-state index in [-0.39, 0.29) is 11.4 Å². The molecule has 15 heavy (non-hydrogen) atoms. The van der Waals surface area contributed by atoms with Gasteiger partial charge < -0.3 is 10.5 Å². The molecule has 0 bridgehead atoms. The molecule has 0 aromatic heterocycles. The Hall–Kier alpha value is -1.10. The van der Waals surface area contributed by atoms with Crippen LogP contribution in [0.15, 0.2) is 18.2 Å². The minimum atomic E-state index is -4.22. The van der Waals surface area contributed by atoms with Crippen LogP contribution in [0.3, 0.4) is 0 Å². The number of rotatable bonds is 3. The maximum Gasteiger partial charge on any atom is 0.392 e. The molecule has 0 aliphatic heterocycles. The molecule has 1 aromatic carbocycles. The predicted molar refractivity (Wildman–Crippen MR) is 52.0 cm³/mol. The number of halogens is 4. The molecule has 6 heteroatoms. The number of alkyl halides is 3. The third kappa shape index (κ3) is 4.29. The lowest BCUT2D eigenvalue weighted by molar-refractivity contribution is -0.139. The summed E-state index contributed by atoms with van der Waals surface area (Å²) in [5, 5.41) is 0.413. The van der Waals surface area contributed by atoms with Crippen LogP contribution in [0.1, 0.15) is 6.42 Å². The highest BCUT2D eigenvalue weighted by Crippen LogP contribution is 2.26. The first kappa shape index (κ1) is 12.0. The fourth-order valence-corrected chi connectivity index (χ4v) is 1.11. The van der Waals surface area contributed by atoms with Crippen molar-refractivity contribution in [2.75, 3.05) is 12.3 Å². The highest BCUT2D eigenvalue weighted by molar-refractivity contribution is 6.30. The average molecular weight is 240 g/mol. The van der Waals surface area contributed by atoms with Gasteiger partial charge in [-0.1, -0.05) is 11.6 Å². The van der Waals surface area contributed by atoms with Gasteiger partial charge in [0, 0.05) is 5.02 Å². The van der Waals surface area contributed by atoms with E-state index >= 15 is 0 Å². The Labute approximate surface area is 89.8 Å². The lowest BCUT2D eigenvalue weighted by Gasteiger charge is -2.10. The third-order valence-electron chi connectivity index (χ3n) is 1.61. The Kier molecular flexibility index (Phi) is 3.68. The van der Waals surface area contributed by atoms with Gasteiger partial charge >= 0.3 is 6.18 Å². The lowest BCUT2D eigenvalue weighted by atomic mass is 10.3. The van der Waals surface area contributed by atoms with Crippen LogP contribution in [-0.2, 0) is 0 Å². The highest BCUT2D eigenvalue weighted by Gasteiger charge is 2.26. The largest absolute Gasteiger partial charge is 0.491 e. The van der Waals surface area contributed by atoms with Gasteiger partial charge in [-0.2, -0.15) is 13.2 Å². The summed E-state index contributed by atoms with van der Waals surface area (Å²) in [6, 6.07) is 4.36. The third-order valence-corrected chi connectivity index (χ3v) is 1.85. The van der Waals surface area contributed by atoms with Crippen molar-refractivity contribution in [3.8, 4) is 5.75 Å². The maximum absolute atomic E-state index is 11.8. The first-order valence-electron chi connectivity index (χ1n) is 4.13. The molecule has 0 aliphatic carbocycles. The van der Waals surface area contributed by atoms with E-state index in [0.29, 0.717) is 5.02 Å². The van der Waals surface area contributed by atoms with Gasteiger partial charge in [0.05, 0.1) is 18.7 Å². The normalized spacial score (nSPS) is 11.5. The van der Waals surface area contributed by atoms with Crippen molar-refractivity contribution in [3.63, 3.8) is 0 Å². The van der Waals surface area contributed by atoms with Crippen LogP contribution in [0.25, 0.3) is 0 Å². The molecule has 0 radical (unpaired) electrons. The van der Waals surface area contributed by atoms with Gasteiger partial charge in [0.15, 0.2) is 0 Å². The zero-order valence-corrected chi connectivity index (χ0v) is 8.40. The number of hydrogen-bond donors (Lipinski definition) is 1. The summed E-state index contributed by atoms with van der Waals surface area (Å²) in [7, 11) is 0. The van der Waals surface area contributed by atoms with Gasteiger partial charge in [-0.25, -0.2) is 0 Å². The van der Waals surface area contributed by atoms with Crippen molar-refractivity contribution in [2.24, 2.45) is 0 Å². The minimum Gasteiger partial charge on any atom is -0.491 e. The fraction of sp³-hybridized carbons (Fsp3) is 0.333. The van der Waals surface area contributed by atoms with E-state index in [1.165, 1.54) is 18.2 Å². The van der Waals surface area contributed by atoms with E-state index < -0.39 is 19.2 Å². The monoisotopic (exact) mass is 239 g/mol. The van der Waals surface area contributed by atoms with Crippen LogP contribution in [0.2, 0.25) is 5.02 Å². The van der Waals surface area contributed by atoms with Crippen LogP contribution >= 0.6 is 11.6 Å². The van der Waals surface area contributed by atoms with Crippen molar-refractivity contribution in [2.45, 2.75) is 12.6 Å². The summed E-state index contributed by atoms with van der Waals surface area (Å²) in [4.78, 5) is 0. The second-order valence-corrected chi connectivity index (χ2v) is 3.33. The summed E-state index contributed by atoms with van der Waals surface area (Å²) < 4.78 is 40.2. The second kappa shape index (κ2) is 4.61. The summed E-state index contributed by atoms with van der Waals surface area (Å²) in [5.41, 5.74) is 5.71. The number of nitrogens with two attached hydrogens (primary N) is 1. The second-order valence-electron chi connectivity index (χ2n) is 2.90. The summed E-state index contributed by atoms with van der Waals surface area (Å²) in [6.45, 7) is -0.449. The molecule has 1 aromatic rings. The van der Waals surface area contributed by atoms with Crippen LogP contribution in [0.4, 0.5) is 18.9 Å². The molecule has 1 rings (SSSR count). The van der Waals surface area contributed by atoms with E-state index in [1.54, 1.807) is 0 Å². The standard InChI is InChI=1S/C9H9ClF3NO/c10-6-1-2-8(7(14)5-6)15-4-3-9(11,12)13/h1-2,5H,3-4,14H2. The van der Waals surface area contributed by atoms with Gasteiger partial charge in [0.1, 0.15) is 5.75 Å². The predicted octanol–water partition coefficient (Wildman–Crippen LogP) is 3.25. The van der Waals surface area contributed by atoms with E-state index in [4.69, 9.17) is 22.1 Å². The molecule has 0 heterocycles. The van der Waals surface area contributed by atoms with Crippen molar-refractivity contribution in [1.29, 1.82) is 0 Å². The number of ether oxygens (including phenoxy) is 1. The number of benzene rings is 1. The summed E-state index contributed by atoms with van der Waals surface area (Å²) in [5.74, 6) is 0.212. The molecule has 2 nitrogen and oxygen atoms in total. The highest BCUT2D eigenvalue weighted by atomic mass is 35.5. The molecule has 0 atom stereocenters. The quantitative estimate of drug-likeness (QED) is 0.822. The zero-order chi connectivity index (χ0) is 11.5. The topological polar surface area (TPSA) is 35.2 Å². The Morgan fingerprint density at radius 3 is 2.53 bits per heavy atom. The minimum absolute atomic E-state index is 0.212. The van der Waals surface area contributed by atoms with Crippen LogP contribution in [-0.4, -0.2) is 12.8 Å². The zero-order valence-electron chi connectivity index (χ0n) is 7.64. The smallest absolute Gasteiger partial charge is 0.392 e. The Morgan fingerprint density at radius 1 is 1.33 bits per heavy atom. The molecule has 84 valence electrons. The molecular weight excluding hydrogens is 231 g/mol. The van der Waals surface area contributed by atoms with Crippen LogP contribution in [0, 0.1) is 0 Å². The lowest BCUT2D eigenvalue weighted by Crippen LogP contribution is -2.13. The van der Waals surface area contributed by atoms with Crippen LogP contribution < -0.4 is 10.5 Å². The number of anilines is 1.